The molecular weight excluding hydrogens is 797 g/mol. The maximum Gasteiger partial charge on any atom is 0.238 e. The van der Waals surface area contributed by atoms with Crippen molar-refractivity contribution in [3.05, 3.63) is 211 Å². The topological polar surface area (TPSA) is 85.5 Å². The Morgan fingerprint density at radius 3 is 2.06 bits per heavy atom. The van der Waals surface area contributed by atoms with Gasteiger partial charge in [-0.2, -0.15) is 15.2 Å². The van der Waals surface area contributed by atoms with E-state index in [4.69, 9.17) is 33.1 Å². The summed E-state index contributed by atoms with van der Waals surface area (Å²) in [6, 6.07) is 13.5. The molecule has 7 nitrogen and oxygen atoms in total. The van der Waals surface area contributed by atoms with Crippen LogP contribution in [0.4, 0.5) is 0 Å². The first kappa shape index (κ1) is 22.3. The van der Waals surface area contributed by atoms with Gasteiger partial charge in [-0.25, -0.2) is 4.98 Å². The lowest BCUT2D eigenvalue weighted by Gasteiger charge is -2.14. The van der Waals surface area contributed by atoms with Gasteiger partial charge in [0.25, 0.3) is 0 Å². The first-order valence-electron chi connectivity index (χ1n) is 29.5. The van der Waals surface area contributed by atoms with E-state index in [1.54, 1.807) is 36.4 Å². The Balaban J connectivity index is 1.28. The van der Waals surface area contributed by atoms with Crippen LogP contribution in [0, 0.1) is 11.3 Å². The molecule has 13 rings (SSSR count). The third-order valence-corrected chi connectivity index (χ3v) is 11.2. The minimum absolute atomic E-state index is 0.0710. The Hall–Kier alpha value is -9.12. The molecule has 0 amide bonds. The monoisotopic (exact) mass is 849 g/mol. The normalized spacial score (nSPS) is 15.8. The number of para-hydroxylation sites is 2. The Bertz CT molecular complexity index is 5180. The summed E-state index contributed by atoms with van der Waals surface area (Å²) in [5.41, 5.74) is -1.56. The number of benzene rings is 9. The molecule has 0 atom stereocenters. The molecule has 0 N–H and O–H groups in total. The van der Waals surface area contributed by atoms with Crippen molar-refractivity contribution < 1.29 is 30.5 Å². The highest BCUT2D eigenvalue weighted by molar-refractivity contribution is 6.24. The first-order valence-corrected chi connectivity index (χ1v) is 20.0. The van der Waals surface area contributed by atoms with Gasteiger partial charge in [0.15, 0.2) is 11.6 Å². The molecule has 7 heteroatoms. The van der Waals surface area contributed by atoms with Gasteiger partial charge in [-0.15, -0.1) is 0 Å². The molecule has 0 fully saturated rings. The van der Waals surface area contributed by atoms with Crippen molar-refractivity contribution in [3.8, 4) is 62.7 Å². The Labute approximate surface area is 399 Å². The standard InChI is InChI=1S/C58H34N6O/c59-35-36-29-32-50-48(33-36)45-31-30-44-43-23-10-11-27-49(43)64(54(44)53(45)63(50)41-22-12-21-40(34-41)37-15-4-1-5-16-37)58-61-56(39-19-8-3-9-20-39)60-57(62-58)47-26-13-25-46-52-42(38-17-6-2-7-18-38)24-14-28-51(52)65-55(46)47/h1-34H/i1D,3D,4D,5D,10D,11D,12D,15D,16D,21D,22D,23D,27D,29D,30D,31D,32D,33D,34D. The molecule has 4 aromatic heterocycles. The van der Waals surface area contributed by atoms with Gasteiger partial charge in [0, 0.05) is 43.6 Å². The quantitative estimate of drug-likeness (QED) is 0.166. The number of aromatic nitrogens is 5. The molecule has 0 aliphatic carbocycles. The number of hydrogen-bond donors (Lipinski definition) is 0. The molecule has 0 spiro atoms. The van der Waals surface area contributed by atoms with E-state index in [1.165, 1.54) is 12.1 Å². The Morgan fingerprint density at radius 2 is 1.20 bits per heavy atom. The van der Waals surface area contributed by atoms with E-state index in [-0.39, 0.29) is 23.1 Å². The van der Waals surface area contributed by atoms with Crippen molar-refractivity contribution in [2.45, 2.75) is 0 Å². The third-order valence-electron chi connectivity index (χ3n) is 11.2. The highest BCUT2D eigenvalue weighted by Gasteiger charge is 2.25. The summed E-state index contributed by atoms with van der Waals surface area (Å²) in [5, 5.41) is 10.2. The van der Waals surface area contributed by atoms with Crippen molar-refractivity contribution >= 4 is 65.6 Å². The second kappa shape index (κ2) is 14.5. The summed E-state index contributed by atoms with van der Waals surface area (Å²) >= 11 is 0. The highest BCUT2D eigenvalue weighted by Crippen LogP contribution is 2.44. The molecule has 13 aromatic rings. The second-order valence-corrected chi connectivity index (χ2v) is 14.8. The zero-order valence-electron chi connectivity index (χ0n) is 52.3. The molecular formula is C58H34N6O. The fourth-order valence-corrected chi connectivity index (χ4v) is 8.46. The summed E-state index contributed by atoms with van der Waals surface area (Å²) in [4.78, 5) is 15.0. The molecule has 4 heterocycles. The summed E-state index contributed by atoms with van der Waals surface area (Å²) in [5.74, 6) is -0.585. The van der Waals surface area contributed by atoms with Crippen LogP contribution in [0.2, 0.25) is 0 Å². The second-order valence-electron chi connectivity index (χ2n) is 14.8. The van der Waals surface area contributed by atoms with Crippen molar-refractivity contribution in [3.63, 3.8) is 0 Å². The van der Waals surface area contributed by atoms with Crippen LogP contribution < -0.4 is 0 Å². The molecule has 302 valence electrons. The summed E-state index contributed by atoms with van der Waals surface area (Å²) in [6.07, 6.45) is 0. The van der Waals surface area contributed by atoms with Gasteiger partial charge in [-0.05, 0) is 70.6 Å². The lowest BCUT2D eigenvalue weighted by molar-refractivity contribution is 0.669. The van der Waals surface area contributed by atoms with E-state index < -0.39 is 175 Å². The van der Waals surface area contributed by atoms with Crippen LogP contribution in [0.25, 0.3) is 122 Å². The van der Waals surface area contributed by atoms with Gasteiger partial charge in [0.2, 0.25) is 5.95 Å². The lowest BCUT2D eigenvalue weighted by atomic mass is 9.99. The van der Waals surface area contributed by atoms with Crippen LogP contribution in [-0.2, 0) is 0 Å². The maximum atomic E-state index is 10.5. The Morgan fingerprint density at radius 1 is 0.477 bits per heavy atom. The van der Waals surface area contributed by atoms with Crippen LogP contribution in [-0.4, -0.2) is 24.1 Å². The summed E-state index contributed by atoms with van der Waals surface area (Å²) < 4.78 is 184. The van der Waals surface area contributed by atoms with E-state index in [0.29, 0.717) is 27.7 Å². The molecule has 9 aromatic carbocycles. The van der Waals surface area contributed by atoms with Gasteiger partial charge in [-0.3, -0.25) is 4.57 Å². The SMILES string of the molecule is [2H]c1ccc(-c2nc(-c3cccc4c3oc3cccc(-c5ccccc5)c34)nc(-n3c4c([2H])c([2H])c([2H])c([2H])c4c4c([2H])c([2H])c5c6c([2H])c(C#N)c([2H])c([2H])c6n(-c6c([2H])c([2H])c([2H])c(-c7c([2H])c([2H])c([2H])c([2H])c7[2H])c6[2H])c5c43)n2)cc1. The van der Waals surface area contributed by atoms with Gasteiger partial charge in [-0.1, -0.05) is 157 Å². The van der Waals surface area contributed by atoms with Crippen LogP contribution in [0.5, 0.6) is 0 Å². The Kier molecular flexibility index (Phi) is 4.97. The van der Waals surface area contributed by atoms with Gasteiger partial charge in [0.1, 0.15) is 11.2 Å². The summed E-state index contributed by atoms with van der Waals surface area (Å²) in [7, 11) is 0. The van der Waals surface area contributed by atoms with Crippen LogP contribution in [0.1, 0.15) is 31.6 Å². The van der Waals surface area contributed by atoms with Crippen LogP contribution >= 0.6 is 0 Å². The largest absolute Gasteiger partial charge is 0.455 e. The number of nitriles is 1. The number of furan rings is 1. The fourth-order valence-electron chi connectivity index (χ4n) is 8.46. The van der Waals surface area contributed by atoms with E-state index in [1.807, 2.05) is 48.5 Å². The van der Waals surface area contributed by atoms with Crippen molar-refractivity contribution in [1.29, 1.82) is 5.26 Å². The van der Waals surface area contributed by atoms with E-state index in [2.05, 4.69) is 0 Å². The zero-order valence-corrected chi connectivity index (χ0v) is 33.3. The van der Waals surface area contributed by atoms with Gasteiger partial charge in [0.05, 0.1) is 65.3 Å². The summed E-state index contributed by atoms with van der Waals surface area (Å²) in [6.45, 7) is 0. The molecule has 0 aliphatic heterocycles. The third kappa shape index (κ3) is 5.71. The van der Waals surface area contributed by atoms with Crippen molar-refractivity contribution in [1.82, 2.24) is 24.1 Å². The van der Waals surface area contributed by atoms with Crippen LogP contribution in [0.15, 0.2) is 210 Å². The number of fused-ring (bicyclic) bond motifs is 10. The number of hydrogen-bond acceptors (Lipinski definition) is 5. The molecule has 0 saturated heterocycles. The first-order chi connectivity index (χ1) is 40.1. The lowest BCUT2D eigenvalue weighted by Crippen LogP contribution is -2.07. The molecule has 0 bridgehead atoms. The minimum Gasteiger partial charge on any atom is -0.455 e. The molecule has 65 heavy (non-hydrogen) atoms. The van der Waals surface area contributed by atoms with E-state index >= 15 is 0 Å². The number of rotatable bonds is 6. The predicted octanol–water partition coefficient (Wildman–Crippen LogP) is 14.5. The minimum atomic E-state index is -0.976. The molecule has 0 saturated carbocycles. The highest BCUT2D eigenvalue weighted by atomic mass is 16.3. The fraction of sp³-hybridized carbons (Fsp3) is 0. The van der Waals surface area contributed by atoms with E-state index in [0.717, 1.165) is 25.6 Å². The van der Waals surface area contributed by atoms with E-state index in [9.17, 15) is 17.6 Å². The average Bonchev–Trinajstić information content (AvgIpc) is 1.69. The maximum absolute atomic E-state index is 10.5. The van der Waals surface area contributed by atoms with Crippen molar-refractivity contribution in [2.24, 2.45) is 0 Å². The average molecular weight is 850 g/mol. The molecule has 0 radical (unpaired) electrons. The molecule has 0 unspecified atom stereocenters. The predicted molar refractivity (Wildman–Crippen MR) is 262 cm³/mol. The molecule has 0 aliphatic rings. The zero-order chi connectivity index (χ0) is 59.5. The smallest absolute Gasteiger partial charge is 0.238 e. The van der Waals surface area contributed by atoms with Crippen molar-refractivity contribution in [2.75, 3.05) is 0 Å². The van der Waals surface area contributed by atoms with Gasteiger partial charge >= 0.3 is 0 Å². The number of nitrogens with zero attached hydrogens (tertiary/aromatic N) is 6. The van der Waals surface area contributed by atoms with Gasteiger partial charge < -0.3 is 8.98 Å². The van der Waals surface area contributed by atoms with Crippen LogP contribution in [0.3, 0.4) is 0 Å².